The zero-order chi connectivity index (χ0) is 10.1. The third kappa shape index (κ3) is 9.34. The van der Waals surface area contributed by atoms with E-state index >= 15 is 0 Å². The minimum absolute atomic E-state index is 0.0457. The van der Waals surface area contributed by atoms with Crippen LogP contribution in [-0.2, 0) is 9.53 Å². The highest BCUT2D eigenvalue weighted by Crippen LogP contribution is 1.96. The van der Waals surface area contributed by atoms with Gasteiger partial charge < -0.3 is 9.64 Å². The summed E-state index contributed by atoms with van der Waals surface area (Å²) in [5, 5.41) is 0. The molecular weight excluding hydrogens is 166 g/mol. The summed E-state index contributed by atoms with van der Waals surface area (Å²) in [7, 11) is 4.24. The van der Waals surface area contributed by atoms with E-state index in [0.29, 0.717) is 13.0 Å². The van der Waals surface area contributed by atoms with Crippen LogP contribution in [0.3, 0.4) is 0 Å². The van der Waals surface area contributed by atoms with E-state index in [9.17, 15) is 4.79 Å². The minimum Gasteiger partial charge on any atom is -0.466 e. The first-order valence-electron chi connectivity index (χ1n) is 5.11. The lowest BCUT2D eigenvalue weighted by molar-refractivity contribution is -0.858. The van der Waals surface area contributed by atoms with Crippen molar-refractivity contribution < 1.29 is 14.4 Å². The number of ether oxygens (including phenoxy) is 1. The Kier molecular flexibility index (Phi) is 7.69. The monoisotopic (exact) mass is 188 g/mol. The smallest absolute Gasteiger partial charge is 0.305 e. The maximum atomic E-state index is 11.0. The van der Waals surface area contributed by atoms with E-state index in [1.165, 1.54) is 4.90 Å². The first-order chi connectivity index (χ1) is 6.16. The quantitative estimate of drug-likeness (QED) is 0.459. The number of unbranched alkanes of at least 4 members (excludes halogenated alkanes) is 1. The van der Waals surface area contributed by atoms with Crippen molar-refractivity contribution in [3.8, 4) is 0 Å². The molecule has 0 amide bonds. The molecule has 3 heteroatoms. The van der Waals surface area contributed by atoms with Crippen LogP contribution in [0.25, 0.3) is 0 Å². The molecule has 0 radical (unpaired) electrons. The van der Waals surface area contributed by atoms with Gasteiger partial charge in [0.15, 0.2) is 0 Å². The first-order valence-corrected chi connectivity index (χ1v) is 5.11. The highest BCUT2D eigenvalue weighted by Gasteiger charge is 2.02. The third-order valence-electron chi connectivity index (χ3n) is 1.77. The van der Waals surface area contributed by atoms with Crippen LogP contribution < -0.4 is 4.90 Å². The predicted molar refractivity (Wildman–Crippen MR) is 52.8 cm³/mol. The Labute approximate surface area is 81.1 Å². The van der Waals surface area contributed by atoms with Gasteiger partial charge in [0.05, 0.1) is 27.2 Å². The fourth-order valence-electron chi connectivity index (χ4n) is 1.04. The van der Waals surface area contributed by atoms with E-state index in [1.807, 2.05) is 6.92 Å². The third-order valence-corrected chi connectivity index (χ3v) is 1.77. The Morgan fingerprint density at radius 1 is 1.31 bits per heavy atom. The van der Waals surface area contributed by atoms with Crippen molar-refractivity contribution in [1.82, 2.24) is 0 Å². The van der Waals surface area contributed by atoms with E-state index in [4.69, 9.17) is 4.74 Å². The molecule has 0 aliphatic carbocycles. The number of rotatable bonds is 7. The molecule has 0 saturated carbocycles. The number of hydrogen-bond acceptors (Lipinski definition) is 2. The van der Waals surface area contributed by atoms with Gasteiger partial charge in [-0.15, -0.1) is 0 Å². The van der Waals surface area contributed by atoms with E-state index in [0.717, 1.165) is 25.8 Å². The molecule has 1 N–H and O–H groups in total. The van der Waals surface area contributed by atoms with Crippen LogP contribution in [0.15, 0.2) is 0 Å². The zero-order valence-corrected chi connectivity index (χ0v) is 9.06. The molecule has 0 rings (SSSR count). The van der Waals surface area contributed by atoms with Crippen LogP contribution in [0.2, 0.25) is 0 Å². The Hall–Kier alpha value is -0.570. The van der Waals surface area contributed by atoms with Gasteiger partial charge in [-0.25, -0.2) is 0 Å². The highest BCUT2D eigenvalue weighted by molar-refractivity contribution is 5.69. The van der Waals surface area contributed by atoms with Crippen LogP contribution >= 0.6 is 0 Å². The van der Waals surface area contributed by atoms with Gasteiger partial charge >= 0.3 is 5.97 Å². The van der Waals surface area contributed by atoms with Gasteiger partial charge in [-0.1, -0.05) is 6.92 Å². The topological polar surface area (TPSA) is 30.7 Å². The number of nitrogens with one attached hydrogen (secondary N) is 1. The molecule has 0 heterocycles. The molecular formula is C10H22NO2+. The average Bonchev–Trinajstić information content (AvgIpc) is 2.08. The molecule has 13 heavy (non-hydrogen) atoms. The Balaban J connectivity index is 3.17. The van der Waals surface area contributed by atoms with Gasteiger partial charge in [-0.05, 0) is 19.3 Å². The molecule has 3 nitrogen and oxygen atoms in total. The summed E-state index contributed by atoms with van der Waals surface area (Å²) in [5.74, 6) is -0.0457. The van der Waals surface area contributed by atoms with Gasteiger partial charge in [0.25, 0.3) is 0 Å². The highest BCUT2D eigenvalue weighted by atomic mass is 16.5. The molecule has 0 spiro atoms. The van der Waals surface area contributed by atoms with Crippen molar-refractivity contribution in [3.63, 3.8) is 0 Å². The van der Waals surface area contributed by atoms with Crippen LogP contribution in [0.1, 0.15) is 32.6 Å². The molecule has 0 aliphatic heterocycles. The number of esters is 1. The van der Waals surface area contributed by atoms with Crippen molar-refractivity contribution >= 4 is 5.97 Å². The number of hydrogen-bond donors (Lipinski definition) is 1. The van der Waals surface area contributed by atoms with E-state index in [1.54, 1.807) is 0 Å². The largest absolute Gasteiger partial charge is 0.466 e. The summed E-state index contributed by atoms with van der Waals surface area (Å²) in [6, 6.07) is 0. The van der Waals surface area contributed by atoms with Crippen LogP contribution in [0, 0.1) is 0 Å². The number of quaternary nitrogens is 1. The molecule has 0 aliphatic rings. The standard InChI is InChI=1S/C10H21NO2/c1-4-9-13-10(12)7-5-6-8-11(2)3/h4-9H2,1-3H3/p+1. The van der Waals surface area contributed by atoms with Gasteiger partial charge in [0, 0.05) is 6.42 Å². The normalized spacial score (nSPS) is 10.5. The van der Waals surface area contributed by atoms with E-state index < -0.39 is 0 Å². The lowest BCUT2D eigenvalue weighted by Crippen LogP contribution is -3.05. The van der Waals surface area contributed by atoms with Crippen LogP contribution in [0.5, 0.6) is 0 Å². The van der Waals surface area contributed by atoms with Crippen molar-refractivity contribution in [2.45, 2.75) is 32.6 Å². The summed E-state index contributed by atoms with van der Waals surface area (Å²) in [5.41, 5.74) is 0. The second-order valence-corrected chi connectivity index (χ2v) is 3.63. The molecule has 0 aromatic rings. The Bertz CT molecular complexity index is 135. The lowest BCUT2D eigenvalue weighted by Gasteiger charge is -2.06. The summed E-state index contributed by atoms with van der Waals surface area (Å²) in [6.45, 7) is 3.70. The fourth-order valence-corrected chi connectivity index (χ4v) is 1.04. The van der Waals surface area contributed by atoms with E-state index in [-0.39, 0.29) is 5.97 Å². The van der Waals surface area contributed by atoms with Gasteiger partial charge in [0.1, 0.15) is 0 Å². The Morgan fingerprint density at radius 2 is 2.00 bits per heavy atom. The van der Waals surface area contributed by atoms with Crippen molar-refractivity contribution in [2.75, 3.05) is 27.2 Å². The fraction of sp³-hybridized carbons (Fsp3) is 0.900. The maximum absolute atomic E-state index is 11.0. The van der Waals surface area contributed by atoms with Gasteiger partial charge in [0.2, 0.25) is 0 Å². The molecule has 0 fully saturated rings. The van der Waals surface area contributed by atoms with Gasteiger partial charge in [-0.3, -0.25) is 4.79 Å². The summed E-state index contributed by atoms with van der Waals surface area (Å²) >= 11 is 0. The summed E-state index contributed by atoms with van der Waals surface area (Å²) in [6.07, 6.45) is 3.54. The second kappa shape index (κ2) is 8.05. The van der Waals surface area contributed by atoms with Crippen molar-refractivity contribution in [1.29, 1.82) is 0 Å². The molecule has 0 bridgehead atoms. The molecule has 0 aromatic heterocycles. The van der Waals surface area contributed by atoms with Gasteiger partial charge in [-0.2, -0.15) is 0 Å². The molecule has 78 valence electrons. The average molecular weight is 188 g/mol. The van der Waals surface area contributed by atoms with Crippen LogP contribution in [-0.4, -0.2) is 33.2 Å². The van der Waals surface area contributed by atoms with Crippen LogP contribution in [0.4, 0.5) is 0 Å². The summed E-state index contributed by atoms with van der Waals surface area (Å²) in [4.78, 5) is 12.4. The number of carbonyl (C=O) groups is 1. The van der Waals surface area contributed by atoms with Crippen molar-refractivity contribution in [3.05, 3.63) is 0 Å². The predicted octanol–water partition coefficient (Wildman–Crippen LogP) is 0.254. The molecule has 0 unspecified atom stereocenters. The Morgan fingerprint density at radius 3 is 2.54 bits per heavy atom. The molecule has 0 aromatic carbocycles. The van der Waals surface area contributed by atoms with Crippen molar-refractivity contribution in [2.24, 2.45) is 0 Å². The number of carbonyl (C=O) groups excluding carboxylic acids is 1. The summed E-state index contributed by atoms with van der Waals surface area (Å²) < 4.78 is 4.95. The minimum atomic E-state index is -0.0457. The second-order valence-electron chi connectivity index (χ2n) is 3.63. The molecule has 0 saturated heterocycles. The molecule has 0 atom stereocenters. The van der Waals surface area contributed by atoms with E-state index in [2.05, 4.69) is 14.1 Å². The zero-order valence-electron chi connectivity index (χ0n) is 9.06. The maximum Gasteiger partial charge on any atom is 0.305 e. The SMILES string of the molecule is CCCOC(=O)CCCC[NH+](C)C. The lowest BCUT2D eigenvalue weighted by atomic mass is 10.2. The first kappa shape index (κ1) is 12.4.